The van der Waals surface area contributed by atoms with Crippen LogP contribution >= 0.6 is 0 Å². The van der Waals surface area contributed by atoms with E-state index in [1.54, 1.807) is 12.1 Å². The highest BCUT2D eigenvalue weighted by Gasteiger charge is 2.18. The van der Waals surface area contributed by atoms with E-state index in [1.165, 1.54) is 20.1 Å². The number of carboxylic acids is 1. The topological polar surface area (TPSA) is 130 Å². The second-order valence-electron chi connectivity index (χ2n) is 10.2. The zero-order valence-electron chi connectivity index (χ0n) is 23.5. The molecule has 0 radical (unpaired) electrons. The number of nitrogens with one attached hydrogen (secondary N) is 2. The van der Waals surface area contributed by atoms with Crippen LogP contribution in [0.4, 0.5) is 0 Å². The number of nitrogens with zero attached hydrogens (tertiary/aromatic N) is 1. The molecule has 212 valence electrons. The number of methoxy groups -OCH3 is 1. The van der Waals surface area contributed by atoms with E-state index >= 15 is 0 Å². The Kier molecular flexibility index (Phi) is 8.06. The lowest BCUT2D eigenvalue weighted by Gasteiger charge is -2.16. The van der Waals surface area contributed by atoms with Crippen LogP contribution in [-0.2, 0) is 24.3 Å². The largest absolute Gasteiger partial charge is 0.497 e. The van der Waals surface area contributed by atoms with Gasteiger partial charge in [-0.15, -0.1) is 0 Å². The smallest absolute Gasteiger partial charge is 0.336 e. The SMILES string of the molecule is COc1ccc(-c2ccc(CNC(C)=O)cc2Cn2cc(Cc3ccccc3)c3cc(C(=N)N)ccc32)c(C(=O)O)c1. The van der Waals surface area contributed by atoms with E-state index < -0.39 is 5.97 Å². The number of amides is 1. The van der Waals surface area contributed by atoms with Crippen molar-refractivity contribution in [2.75, 3.05) is 7.11 Å². The lowest BCUT2D eigenvalue weighted by atomic mass is 9.93. The predicted molar refractivity (Wildman–Crippen MR) is 164 cm³/mol. The number of rotatable bonds is 10. The summed E-state index contributed by atoms with van der Waals surface area (Å²) in [6.45, 7) is 2.27. The number of hydrogen-bond acceptors (Lipinski definition) is 4. The Balaban J connectivity index is 1.66. The van der Waals surface area contributed by atoms with Crippen LogP contribution in [0.1, 0.15) is 45.1 Å². The molecule has 1 amide bonds. The lowest BCUT2D eigenvalue weighted by Crippen LogP contribution is -2.19. The standard InChI is InChI=1S/C34H32N4O4/c1-21(39)37-18-23-8-11-28(29-12-10-27(42-2)17-31(29)34(40)41)25(15-23)19-38-20-26(14-22-6-4-3-5-7-22)30-16-24(33(35)36)9-13-32(30)38/h3-13,15-17,20H,14,18-19H2,1-2H3,(H3,35,36)(H,37,39)(H,40,41). The van der Waals surface area contributed by atoms with Gasteiger partial charge in [-0.05, 0) is 76.2 Å². The molecule has 0 aliphatic carbocycles. The fourth-order valence-corrected chi connectivity index (χ4v) is 5.25. The van der Waals surface area contributed by atoms with Crippen LogP contribution in [0.2, 0.25) is 0 Å². The maximum absolute atomic E-state index is 12.3. The fraction of sp³-hybridized carbons (Fsp3) is 0.147. The summed E-state index contributed by atoms with van der Waals surface area (Å²) in [5, 5.41) is 21.9. The second-order valence-corrected chi connectivity index (χ2v) is 10.2. The number of carboxylic acid groups (broad SMARTS) is 1. The average molecular weight is 561 g/mol. The highest BCUT2D eigenvalue weighted by Crippen LogP contribution is 2.33. The summed E-state index contributed by atoms with van der Waals surface area (Å²) < 4.78 is 7.43. The molecule has 8 nitrogen and oxygen atoms in total. The van der Waals surface area contributed by atoms with Crippen LogP contribution in [0.3, 0.4) is 0 Å². The summed E-state index contributed by atoms with van der Waals surface area (Å²) in [5.74, 6) is -0.718. The number of hydrogen-bond donors (Lipinski definition) is 4. The Labute approximate surface area is 243 Å². The van der Waals surface area contributed by atoms with Crippen LogP contribution in [-0.4, -0.2) is 34.5 Å². The number of nitrogens with two attached hydrogens (primary N) is 1. The summed E-state index contributed by atoms with van der Waals surface area (Å²) >= 11 is 0. The minimum atomic E-state index is -1.05. The summed E-state index contributed by atoms with van der Waals surface area (Å²) in [7, 11) is 1.50. The van der Waals surface area contributed by atoms with Crippen molar-refractivity contribution >= 4 is 28.6 Å². The molecule has 5 rings (SSSR count). The minimum Gasteiger partial charge on any atom is -0.497 e. The number of carbonyl (C=O) groups excluding carboxylic acids is 1. The van der Waals surface area contributed by atoms with Crippen molar-refractivity contribution in [1.82, 2.24) is 9.88 Å². The summed E-state index contributed by atoms with van der Waals surface area (Å²) in [6, 6.07) is 26.8. The predicted octanol–water partition coefficient (Wildman–Crippen LogP) is 5.57. The van der Waals surface area contributed by atoms with Crippen molar-refractivity contribution in [1.29, 1.82) is 5.41 Å². The van der Waals surface area contributed by atoms with Crippen molar-refractivity contribution < 1.29 is 19.4 Å². The molecule has 0 unspecified atom stereocenters. The number of benzene rings is 4. The Hall–Kier alpha value is -5.37. The second kappa shape index (κ2) is 12.0. The maximum atomic E-state index is 12.3. The Morgan fingerprint density at radius 3 is 2.38 bits per heavy atom. The van der Waals surface area contributed by atoms with Crippen LogP contribution in [0.25, 0.3) is 22.0 Å². The van der Waals surface area contributed by atoms with Gasteiger partial charge in [-0.25, -0.2) is 4.79 Å². The van der Waals surface area contributed by atoms with Gasteiger partial charge in [0.05, 0.1) is 12.7 Å². The van der Waals surface area contributed by atoms with E-state index in [9.17, 15) is 14.7 Å². The monoisotopic (exact) mass is 560 g/mol. The normalized spacial score (nSPS) is 10.9. The fourth-order valence-electron chi connectivity index (χ4n) is 5.25. The van der Waals surface area contributed by atoms with E-state index in [4.69, 9.17) is 15.9 Å². The quantitative estimate of drug-likeness (QED) is 0.131. The van der Waals surface area contributed by atoms with Crippen LogP contribution < -0.4 is 15.8 Å². The number of ether oxygens (including phenoxy) is 1. The molecule has 0 bridgehead atoms. The highest BCUT2D eigenvalue weighted by atomic mass is 16.5. The third-order valence-electron chi connectivity index (χ3n) is 7.31. The molecule has 0 spiro atoms. The molecule has 0 fully saturated rings. The van der Waals surface area contributed by atoms with Crippen molar-refractivity contribution in [2.24, 2.45) is 5.73 Å². The molecule has 0 saturated carbocycles. The molecule has 0 atom stereocenters. The molecule has 1 aromatic heterocycles. The van der Waals surface area contributed by atoms with E-state index in [0.29, 0.717) is 36.4 Å². The Morgan fingerprint density at radius 2 is 1.69 bits per heavy atom. The summed E-state index contributed by atoms with van der Waals surface area (Å²) in [4.78, 5) is 23.9. The van der Waals surface area contributed by atoms with Crippen LogP contribution in [0, 0.1) is 5.41 Å². The molecular formula is C34H32N4O4. The van der Waals surface area contributed by atoms with Crippen molar-refractivity contribution in [3.05, 3.63) is 125 Å². The molecule has 5 aromatic rings. The molecule has 0 aliphatic heterocycles. The number of aromatic nitrogens is 1. The lowest BCUT2D eigenvalue weighted by molar-refractivity contribution is -0.119. The number of nitrogen functional groups attached to an aromatic ring is 1. The first-order chi connectivity index (χ1) is 20.2. The van der Waals surface area contributed by atoms with Gasteiger partial charge >= 0.3 is 5.97 Å². The number of carbonyl (C=O) groups is 2. The van der Waals surface area contributed by atoms with E-state index in [2.05, 4.69) is 28.2 Å². The molecule has 0 aliphatic rings. The van der Waals surface area contributed by atoms with Gasteiger partial charge in [-0.1, -0.05) is 48.5 Å². The molecule has 5 N–H and O–H groups in total. The van der Waals surface area contributed by atoms with E-state index in [-0.39, 0.29) is 17.3 Å². The van der Waals surface area contributed by atoms with Gasteiger partial charge < -0.3 is 25.5 Å². The number of fused-ring (bicyclic) bond motifs is 1. The molecule has 4 aromatic carbocycles. The van der Waals surface area contributed by atoms with Crippen molar-refractivity contribution in [3.8, 4) is 16.9 Å². The third-order valence-corrected chi connectivity index (χ3v) is 7.31. The maximum Gasteiger partial charge on any atom is 0.336 e. The van der Waals surface area contributed by atoms with Crippen molar-refractivity contribution in [3.63, 3.8) is 0 Å². The molecule has 0 saturated heterocycles. The third kappa shape index (κ3) is 6.02. The highest BCUT2D eigenvalue weighted by molar-refractivity contribution is 6.00. The number of aromatic carboxylic acids is 1. The van der Waals surface area contributed by atoms with Gasteiger partial charge in [0.25, 0.3) is 0 Å². The first kappa shape index (κ1) is 28.2. The molecular weight excluding hydrogens is 528 g/mol. The van der Waals surface area contributed by atoms with Crippen LogP contribution in [0.15, 0.2) is 91.1 Å². The average Bonchev–Trinajstić information content (AvgIpc) is 3.32. The van der Waals surface area contributed by atoms with Gasteiger partial charge in [0.1, 0.15) is 11.6 Å². The van der Waals surface area contributed by atoms with Crippen molar-refractivity contribution in [2.45, 2.75) is 26.4 Å². The number of amidine groups is 1. The van der Waals surface area contributed by atoms with Gasteiger partial charge in [0.2, 0.25) is 5.91 Å². The molecule has 8 heteroatoms. The first-order valence-corrected chi connectivity index (χ1v) is 13.5. The van der Waals surface area contributed by atoms with Gasteiger partial charge in [-0.2, -0.15) is 0 Å². The Morgan fingerprint density at radius 1 is 0.929 bits per heavy atom. The van der Waals surface area contributed by atoms with Gasteiger partial charge in [0, 0.05) is 42.7 Å². The van der Waals surface area contributed by atoms with Crippen LogP contribution in [0.5, 0.6) is 5.75 Å². The Bertz CT molecular complexity index is 1810. The minimum absolute atomic E-state index is 0.00368. The summed E-state index contributed by atoms with van der Waals surface area (Å²) in [5.41, 5.74) is 13.0. The van der Waals surface area contributed by atoms with Gasteiger partial charge in [0.15, 0.2) is 0 Å². The first-order valence-electron chi connectivity index (χ1n) is 13.5. The van der Waals surface area contributed by atoms with E-state index in [0.717, 1.165) is 38.7 Å². The summed E-state index contributed by atoms with van der Waals surface area (Å²) in [6.07, 6.45) is 2.81. The van der Waals surface area contributed by atoms with Gasteiger partial charge in [-0.3, -0.25) is 10.2 Å². The van der Waals surface area contributed by atoms with E-state index in [1.807, 2.05) is 54.6 Å². The molecule has 1 heterocycles. The zero-order chi connectivity index (χ0) is 29.8. The zero-order valence-corrected chi connectivity index (χ0v) is 23.5. The molecule has 42 heavy (non-hydrogen) atoms.